The van der Waals surface area contributed by atoms with Gasteiger partial charge in [-0.2, -0.15) is 4.98 Å². The number of aromatic amines is 1. The van der Waals surface area contributed by atoms with Crippen molar-refractivity contribution in [1.82, 2.24) is 38.6 Å². The van der Waals surface area contributed by atoms with Crippen LogP contribution in [0.3, 0.4) is 0 Å². The van der Waals surface area contributed by atoms with Crippen molar-refractivity contribution in [2.45, 2.75) is 37.8 Å². The molecule has 12 heteroatoms. The summed E-state index contributed by atoms with van der Waals surface area (Å²) in [5, 5.41) is 0. The van der Waals surface area contributed by atoms with Gasteiger partial charge < -0.3 is 9.72 Å². The number of imidazole rings is 3. The van der Waals surface area contributed by atoms with Crippen molar-refractivity contribution in [2.24, 2.45) is 0 Å². The Kier molecular flexibility index (Phi) is 4.71. The average Bonchev–Trinajstić information content (AvgIpc) is 3.57. The number of ether oxygens (including phenoxy) is 1. The SMILES string of the molecule is O=C(OC1CCC(n2c(=O)[nH]c3cnc(-n4cnc5ccc(F)cc54)nc32)CC1)n1ccnc1. The maximum atomic E-state index is 13.8. The summed E-state index contributed by atoms with van der Waals surface area (Å²) in [6.45, 7) is 0. The molecule has 1 aliphatic rings. The Balaban J connectivity index is 1.27. The molecule has 0 atom stereocenters. The zero-order valence-electron chi connectivity index (χ0n) is 17.8. The van der Waals surface area contributed by atoms with E-state index in [1.807, 2.05) is 0 Å². The van der Waals surface area contributed by atoms with Crippen molar-refractivity contribution in [1.29, 1.82) is 0 Å². The van der Waals surface area contributed by atoms with Crippen LogP contribution < -0.4 is 5.69 Å². The third kappa shape index (κ3) is 3.43. The largest absolute Gasteiger partial charge is 0.446 e. The highest BCUT2D eigenvalue weighted by Crippen LogP contribution is 2.31. The van der Waals surface area contributed by atoms with Crippen molar-refractivity contribution in [3.05, 3.63) is 65.7 Å². The number of hydrogen-bond donors (Lipinski definition) is 1. The Morgan fingerprint density at radius 1 is 1.15 bits per heavy atom. The predicted octanol–water partition coefficient (Wildman–Crippen LogP) is 2.96. The standard InChI is InChI=1S/C22H19FN8O3/c23-13-1-6-16-18(9-13)30(12-26-16)20-25-10-17-19(28-20)31(21(32)27-17)14-2-4-15(5-3-14)34-22(33)29-8-7-24-11-29/h1,6-12,14-15H,2-5H2,(H,27,32). The molecule has 1 saturated carbocycles. The second-order valence-corrected chi connectivity index (χ2v) is 8.24. The number of halogens is 1. The fraction of sp³-hybridized carbons (Fsp3) is 0.273. The van der Waals surface area contributed by atoms with Crippen molar-refractivity contribution in [3.8, 4) is 5.95 Å². The number of fused-ring (bicyclic) bond motifs is 2. The summed E-state index contributed by atoms with van der Waals surface area (Å²) < 4.78 is 23.9. The number of carbonyl (C=O) groups is 1. The average molecular weight is 462 g/mol. The third-order valence-electron chi connectivity index (χ3n) is 6.16. The van der Waals surface area contributed by atoms with Crippen LogP contribution in [0.4, 0.5) is 9.18 Å². The predicted molar refractivity (Wildman–Crippen MR) is 118 cm³/mol. The van der Waals surface area contributed by atoms with E-state index in [4.69, 9.17) is 4.74 Å². The van der Waals surface area contributed by atoms with Gasteiger partial charge in [-0.15, -0.1) is 0 Å². The fourth-order valence-corrected chi connectivity index (χ4v) is 4.49. The van der Waals surface area contributed by atoms with Gasteiger partial charge in [-0.1, -0.05) is 0 Å². The minimum Gasteiger partial charge on any atom is -0.446 e. The minimum absolute atomic E-state index is 0.107. The van der Waals surface area contributed by atoms with E-state index in [1.165, 1.54) is 41.7 Å². The number of hydrogen-bond acceptors (Lipinski definition) is 7. The van der Waals surface area contributed by atoms with E-state index in [9.17, 15) is 14.0 Å². The molecule has 4 heterocycles. The highest BCUT2D eigenvalue weighted by Gasteiger charge is 2.28. The molecule has 0 unspecified atom stereocenters. The Bertz CT molecular complexity index is 1560. The molecule has 11 nitrogen and oxygen atoms in total. The van der Waals surface area contributed by atoms with Crippen LogP contribution in [0.5, 0.6) is 0 Å². The van der Waals surface area contributed by atoms with Crippen LogP contribution >= 0.6 is 0 Å². The summed E-state index contributed by atoms with van der Waals surface area (Å²) in [7, 11) is 0. The van der Waals surface area contributed by atoms with Gasteiger partial charge in [-0.05, 0) is 37.8 Å². The van der Waals surface area contributed by atoms with Gasteiger partial charge in [0.2, 0.25) is 5.95 Å². The summed E-state index contributed by atoms with van der Waals surface area (Å²) in [4.78, 5) is 44.8. The summed E-state index contributed by atoms with van der Waals surface area (Å²) >= 11 is 0. The second-order valence-electron chi connectivity index (χ2n) is 8.24. The van der Waals surface area contributed by atoms with E-state index in [-0.39, 0.29) is 29.6 Å². The van der Waals surface area contributed by atoms with E-state index in [2.05, 4.69) is 24.9 Å². The molecule has 34 heavy (non-hydrogen) atoms. The molecule has 1 aromatic carbocycles. The normalized spacial score (nSPS) is 18.5. The molecule has 1 N–H and O–H groups in total. The van der Waals surface area contributed by atoms with Crippen molar-refractivity contribution >= 4 is 28.3 Å². The number of nitrogens with one attached hydrogen (secondary N) is 1. The topological polar surface area (TPSA) is 126 Å². The lowest BCUT2D eigenvalue weighted by molar-refractivity contribution is 0.0665. The number of aromatic nitrogens is 8. The van der Waals surface area contributed by atoms with E-state index in [0.29, 0.717) is 47.9 Å². The monoisotopic (exact) mass is 462 g/mol. The van der Waals surface area contributed by atoms with Gasteiger partial charge in [0.1, 0.15) is 30.1 Å². The number of carbonyl (C=O) groups excluding carboxylic acids is 1. The van der Waals surface area contributed by atoms with Gasteiger partial charge in [0.05, 0.1) is 17.2 Å². The van der Waals surface area contributed by atoms with Gasteiger partial charge >= 0.3 is 11.8 Å². The van der Waals surface area contributed by atoms with Crippen molar-refractivity contribution in [2.75, 3.05) is 0 Å². The van der Waals surface area contributed by atoms with Crippen LogP contribution in [0.15, 0.2) is 54.2 Å². The van der Waals surface area contributed by atoms with E-state index >= 15 is 0 Å². The first kappa shape index (κ1) is 20.3. The highest BCUT2D eigenvalue weighted by molar-refractivity contribution is 5.77. The maximum absolute atomic E-state index is 13.8. The lowest BCUT2D eigenvalue weighted by Crippen LogP contribution is -2.31. The van der Waals surface area contributed by atoms with Crippen LogP contribution in [0, 0.1) is 5.82 Å². The fourth-order valence-electron chi connectivity index (χ4n) is 4.49. The first-order chi connectivity index (χ1) is 16.6. The summed E-state index contributed by atoms with van der Waals surface area (Å²) in [6.07, 6.45) is 9.35. The van der Waals surface area contributed by atoms with Gasteiger partial charge in [0.25, 0.3) is 0 Å². The number of benzene rings is 1. The molecule has 0 spiro atoms. The van der Waals surface area contributed by atoms with Gasteiger partial charge in [0.15, 0.2) is 5.65 Å². The van der Waals surface area contributed by atoms with Crippen molar-refractivity contribution < 1.29 is 13.9 Å². The molecule has 0 bridgehead atoms. The Morgan fingerprint density at radius 2 is 2.00 bits per heavy atom. The molecule has 5 aromatic rings. The lowest BCUT2D eigenvalue weighted by Gasteiger charge is -2.28. The first-order valence-corrected chi connectivity index (χ1v) is 10.9. The number of nitrogens with zero attached hydrogens (tertiary/aromatic N) is 7. The zero-order valence-corrected chi connectivity index (χ0v) is 17.8. The van der Waals surface area contributed by atoms with Gasteiger partial charge in [0, 0.05) is 24.5 Å². The molecule has 0 aliphatic heterocycles. The summed E-state index contributed by atoms with van der Waals surface area (Å²) in [6, 6.07) is 4.19. The van der Waals surface area contributed by atoms with Crippen LogP contribution in [0.1, 0.15) is 31.7 Å². The molecule has 4 aromatic heterocycles. The number of H-pyrrole nitrogens is 1. The van der Waals surface area contributed by atoms with E-state index in [0.717, 1.165) is 0 Å². The molecule has 6 rings (SSSR count). The second kappa shape index (κ2) is 7.90. The molecule has 1 aliphatic carbocycles. The molecule has 0 radical (unpaired) electrons. The van der Waals surface area contributed by atoms with Crippen LogP contribution in [0.2, 0.25) is 0 Å². The molecular formula is C22H19FN8O3. The summed E-state index contributed by atoms with van der Waals surface area (Å²) in [5.41, 5.74) is 1.84. The van der Waals surface area contributed by atoms with Gasteiger partial charge in [-0.25, -0.2) is 33.5 Å². The van der Waals surface area contributed by atoms with E-state index in [1.54, 1.807) is 21.4 Å². The van der Waals surface area contributed by atoms with Crippen LogP contribution in [-0.2, 0) is 4.74 Å². The third-order valence-corrected chi connectivity index (χ3v) is 6.16. The maximum Gasteiger partial charge on any atom is 0.419 e. The van der Waals surface area contributed by atoms with Crippen molar-refractivity contribution in [3.63, 3.8) is 0 Å². The smallest absolute Gasteiger partial charge is 0.419 e. The molecule has 0 saturated heterocycles. The molecule has 1 fully saturated rings. The zero-order chi connectivity index (χ0) is 23.2. The summed E-state index contributed by atoms with van der Waals surface area (Å²) in [5.74, 6) is -0.101. The van der Waals surface area contributed by atoms with E-state index < -0.39 is 6.09 Å². The molecule has 0 amide bonds. The first-order valence-electron chi connectivity index (χ1n) is 10.9. The molecule has 172 valence electrons. The Labute approximate surface area is 190 Å². The lowest BCUT2D eigenvalue weighted by atomic mass is 9.93. The van der Waals surface area contributed by atoms with Gasteiger partial charge in [-0.3, -0.25) is 9.13 Å². The Morgan fingerprint density at radius 3 is 2.79 bits per heavy atom. The quantitative estimate of drug-likeness (QED) is 0.437. The van der Waals surface area contributed by atoms with Crippen LogP contribution in [0.25, 0.3) is 28.1 Å². The minimum atomic E-state index is -0.466. The Hall–Kier alpha value is -4.35. The highest BCUT2D eigenvalue weighted by atomic mass is 19.1. The van der Waals surface area contributed by atoms with Crippen LogP contribution in [-0.4, -0.2) is 50.8 Å². The number of rotatable bonds is 3. The molecular weight excluding hydrogens is 443 g/mol.